The molecule has 2 rings (SSSR count). The number of nitrogens with zero attached hydrogens (tertiary/aromatic N) is 2. The van der Waals surface area contributed by atoms with E-state index in [4.69, 9.17) is 17.0 Å². The minimum atomic E-state index is -4.42. The number of likely N-dealkylation sites (tertiary alicyclic amines) is 1. The van der Waals surface area contributed by atoms with Gasteiger partial charge in [-0.05, 0) is 37.5 Å². The molecule has 2 N–H and O–H groups in total. The van der Waals surface area contributed by atoms with Crippen molar-refractivity contribution >= 4 is 29.3 Å². The Morgan fingerprint density at radius 3 is 2.67 bits per heavy atom. The maximum atomic E-state index is 12.9. The number of hydrogen-bond donors (Lipinski definition) is 2. The molecule has 1 atom stereocenters. The first-order valence-electron chi connectivity index (χ1n) is 8.46. The molecular weight excluding hydrogens is 377 g/mol. The molecule has 1 aliphatic rings. The lowest BCUT2D eigenvalue weighted by Gasteiger charge is -2.23. The third-order valence-electron chi connectivity index (χ3n) is 4.26. The topological polar surface area (TPSA) is 51.5 Å². The van der Waals surface area contributed by atoms with E-state index in [9.17, 15) is 13.2 Å². The molecule has 1 fully saturated rings. The van der Waals surface area contributed by atoms with E-state index in [0.29, 0.717) is 23.0 Å². The number of anilines is 1. The smallest absolute Gasteiger partial charge is 0.358 e. The quantitative estimate of drug-likeness (QED) is 0.391. The Kier molecular flexibility index (Phi) is 6.70. The first kappa shape index (κ1) is 21.0. The molecule has 1 aromatic carbocycles. The van der Waals surface area contributed by atoms with Gasteiger partial charge in [-0.2, -0.15) is 13.2 Å². The number of alkyl halides is 3. The lowest BCUT2D eigenvalue weighted by Crippen LogP contribution is -2.32. The second-order valence-corrected chi connectivity index (χ2v) is 6.97. The van der Waals surface area contributed by atoms with Crippen molar-refractivity contribution in [2.24, 2.45) is 10.9 Å². The summed E-state index contributed by atoms with van der Waals surface area (Å²) in [4.78, 5) is 6.28. The van der Waals surface area contributed by atoms with Crippen LogP contribution in [0.2, 0.25) is 0 Å². The van der Waals surface area contributed by atoms with Crippen LogP contribution < -0.4 is 5.32 Å². The maximum absolute atomic E-state index is 12.9. The van der Waals surface area contributed by atoms with Gasteiger partial charge in [0.1, 0.15) is 11.0 Å². The van der Waals surface area contributed by atoms with Crippen molar-refractivity contribution in [2.45, 2.75) is 26.4 Å². The number of benzene rings is 1. The second kappa shape index (κ2) is 8.61. The molecule has 0 radical (unpaired) electrons. The molecule has 1 aliphatic heterocycles. The Bertz CT molecular complexity index is 783. The van der Waals surface area contributed by atoms with Crippen LogP contribution in [0.25, 0.3) is 0 Å². The third kappa shape index (κ3) is 5.60. The number of nitrogens with one attached hydrogen (secondary N) is 2. The Balaban J connectivity index is 2.38. The zero-order chi connectivity index (χ0) is 20.2. The summed E-state index contributed by atoms with van der Waals surface area (Å²) in [6.45, 7) is 8.92. The molecule has 0 spiro atoms. The molecule has 0 amide bonds. The molecule has 1 unspecified atom stereocenters. The van der Waals surface area contributed by atoms with E-state index < -0.39 is 11.7 Å². The molecular formula is C19H22ClF3N4. The van der Waals surface area contributed by atoms with Crippen molar-refractivity contribution in [1.29, 1.82) is 5.41 Å². The highest BCUT2D eigenvalue weighted by atomic mass is 35.5. The maximum Gasteiger partial charge on any atom is 0.416 e. The van der Waals surface area contributed by atoms with Gasteiger partial charge in [0.2, 0.25) is 0 Å². The Labute approximate surface area is 161 Å². The summed E-state index contributed by atoms with van der Waals surface area (Å²) in [7, 11) is 0. The minimum absolute atomic E-state index is 0.0794. The fourth-order valence-electron chi connectivity index (χ4n) is 2.94. The molecule has 8 heteroatoms. The largest absolute Gasteiger partial charge is 0.416 e. The van der Waals surface area contributed by atoms with E-state index in [1.54, 1.807) is 6.92 Å². The summed E-state index contributed by atoms with van der Waals surface area (Å²) >= 11 is 5.87. The van der Waals surface area contributed by atoms with E-state index in [-0.39, 0.29) is 10.8 Å². The number of rotatable bonds is 5. The van der Waals surface area contributed by atoms with Crippen molar-refractivity contribution in [3.63, 3.8) is 0 Å². The molecule has 4 nitrogen and oxygen atoms in total. The monoisotopic (exact) mass is 398 g/mol. The summed E-state index contributed by atoms with van der Waals surface area (Å²) in [5.74, 6) is 0.967. The van der Waals surface area contributed by atoms with Gasteiger partial charge in [-0.1, -0.05) is 31.2 Å². The molecule has 0 aliphatic carbocycles. The van der Waals surface area contributed by atoms with Gasteiger partial charge in [-0.3, -0.25) is 0 Å². The van der Waals surface area contributed by atoms with Gasteiger partial charge in [0.15, 0.2) is 0 Å². The number of aliphatic imine (C=N–C) groups is 1. The normalized spacial score (nSPS) is 19.0. The molecule has 0 aromatic heterocycles. The molecule has 27 heavy (non-hydrogen) atoms. The summed E-state index contributed by atoms with van der Waals surface area (Å²) in [6.07, 6.45) is -2.31. The summed E-state index contributed by atoms with van der Waals surface area (Å²) in [6, 6.07) is 4.91. The lowest BCUT2D eigenvalue weighted by molar-refractivity contribution is -0.137. The summed E-state index contributed by atoms with van der Waals surface area (Å²) in [5, 5.41) is 10.8. The Hall–Kier alpha value is -2.28. The van der Waals surface area contributed by atoms with Gasteiger partial charge >= 0.3 is 6.18 Å². The van der Waals surface area contributed by atoms with Crippen LogP contribution in [0.15, 0.2) is 52.3 Å². The van der Waals surface area contributed by atoms with E-state index >= 15 is 0 Å². The average molecular weight is 399 g/mol. The summed E-state index contributed by atoms with van der Waals surface area (Å²) < 4.78 is 38.7. The second-order valence-electron chi connectivity index (χ2n) is 6.54. The highest BCUT2D eigenvalue weighted by Gasteiger charge is 2.30. The standard InChI is InChI=1S/C19H22ClF3N4/c1-12-7-8-27(11-12)18(26-14(3)20)17(10-24)13(2)25-16-6-4-5-15(9-16)19(21,22)23/h4-6,9-10,12,24-25H,3,7-8,11H2,1-2H3/b17-13+,24-10?,26-18+. The van der Waals surface area contributed by atoms with Gasteiger partial charge < -0.3 is 15.6 Å². The zero-order valence-corrected chi connectivity index (χ0v) is 16.0. The minimum Gasteiger partial charge on any atom is -0.358 e. The van der Waals surface area contributed by atoms with Crippen molar-refractivity contribution in [3.05, 3.63) is 52.8 Å². The molecule has 0 saturated carbocycles. The van der Waals surface area contributed by atoms with Gasteiger partial charge in [0.05, 0.1) is 11.1 Å². The first-order valence-corrected chi connectivity index (χ1v) is 8.83. The third-order valence-corrected chi connectivity index (χ3v) is 4.35. The number of hydrogen-bond acceptors (Lipinski definition) is 3. The molecule has 1 heterocycles. The van der Waals surface area contributed by atoms with Gasteiger partial charge in [0, 0.05) is 30.7 Å². The Morgan fingerprint density at radius 2 is 2.15 bits per heavy atom. The van der Waals surface area contributed by atoms with Gasteiger partial charge in [-0.15, -0.1) is 0 Å². The van der Waals surface area contributed by atoms with Crippen LogP contribution in [0.5, 0.6) is 0 Å². The van der Waals surface area contributed by atoms with Crippen molar-refractivity contribution in [2.75, 3.05) is 18.4 Å². The van der Waals surface area contributed by atoms with E-state index in [1.807, 2.05) is 4.90 Å². The molecule has 0 bridgehead atoms. The van der Waals surface area contributed by atoms with E-state index in [2.05, 4.69) is 23.8 Å². The SMILES string of the molecule is C=C(Cl)/N=C(\C(C=N)=C(/C)Nc1cccc(C(F)(F)F)c1)N1CCC(C)C1. The molecule has 146 valence electrons. The fourth-order valence-corrected chi connectivity index (χ4v) is 3.02. The van der Waals surface area contributed by atoms with E-state index in [1.165, 1.54) is 12.1 Å². The van der Waals surface area contributed by atoms with Crippen LogP contribution in [-0.4, -0.2) is 30.0 Å². The highest BCUT2D eigenvalue weighted by molar-refractivity contribution is 6.30. The van der Waals surface area contributed by atoms with Crippen molar-refractivity contribution < 1.29 is 13.2 Å². The summed E-state index contributed by atoms with van der Waals surface area (Å²) in [5.41, 5.74) is 0.484. The fraction of sp³-hybridized carbons (Fsp3) is 0.368. The van der Waals surface area contributed by atoms with Crippen LogP contribution in [0, 0.1) is 11.3 Å². The number of amidine groups is 1. The molecule has 1 aromatic rings. The number of halogens is 4. The first-order chi connectivity index (χ1) is 12.6. The molecule has 1 saturated heterocycles. The van der Waals surface area contributed by atoms with Crippen molar-refractivity contribution in [1.82, 2.24) is 4.90 Å². The van der Waals surface area contributed by atoms with Crippen LogP contribution >= 0.6 is 11.6 Å². The zero-order valence-electron chi connectivity index (χ0n) is 15.2. The van der Waals surface area contributed by atoms with Crippen LogP contribution in [-0.2, 0) is 6.18 Å². The van der Waals surface area contributed by atoms with Crippen LogP contribution in [0.4, 0.5) is 18.9 Å². The Morgan fingerprint density at radius 1 is 1.44 bits per heavy atom. The average Bonchev–Trinajstić information content (AvgIpc) is 3.00. The van der Waals surface area contributed by atoms with Gasteiger partial charge in [0.25, 0.3) is 0 Å². The van der Waals surface area contributed by atoms with Crippen LogP contribution in [0.1, 0.15) is 25.8 Å². The van der Waals surface area contributed by atoms with Crippen LogP contribution in [0.3, 0.4) is 0 Å². The highest BCUT2D eigenvalue weighted by Crippen LogP contribution is 2.31. The predicted octanol–water partition coefficient (Wildman–Crippen LogP) is 5.49. The number of allylic oxidation sites excluding steroid dienone is 1. The van der Waals surface area contributed by atoms with E-state index in [0.717, 1.165) is 37.9 Å². The lowest BCUT2D eigenvalue weighted by atomic mass is 10.1. The van der Waals surface area contributed by atoms with Crippen molar-refractivity contribution in [3.8, 4) is 0 Å². The predicted molar refractivity (Wildman–Crippen MR) is 104 cm³/mol. The van der Waals surface area contributed by atoms with Gasteiger partial charge in [-0.25, -0.2) is 4.99 Å².